The normalized spacial score (nSPS) is 18.7. The van der Waals surface area contributed by atoms with E-state index in [1.807, 2.05) is 0 Å². The van der Waals surface area contributed by atoms with Gasteiger partial charge in [-0.15, -0.1) is 0 Å². The molecule has 1 fully saturated rings. The van der Waals surface area contributed by atoms with E-state index in [9.17, 15) is 9.90 Å². The van der Waals surface area contributed by atoms with Crippen LogP contribution in [0.15, 0.2) is 18.2 Å². The molecule has 0 spiro atoms. The molecule has 0 aliphatic carbocycles. The van der Waals surface area contributed by atoms with Gasteiger partial charge < -0.3 is 15.7 Å². The molecule has 4 heteroatoms. The zero-order chi connectivity index (χ0) is 13.3. The summed E-state index contributed by atoms with van der Waals surface area (Å²) in [6, 6.07) is 5.00. The number of benzene rings is 1. The Kier molecular flexibility index (Phi) is 3.20. The van der Waals surface area contributed by atoms with Crippen molar-refractivity contribution in [2.24, 2.45) is 5.41 Å². The topological polar surface area (TPSA) is 66.6 Å². The van der Waals surface area contributed by atoms with Crippen molar-refractivity contribution in [2.45, 2.75) is 26.7 Å². The van der Waals surface area contributed by atoms with E-state index in [0.29, 0.717) is 16.7 Å². The molecule has 0 amide bonds. The summed E-state index contributed by atoms with van der Waals surface area (Å²) in [5.41, 5.74) is 7.81. The van der Waals surface area contributed by atoms with Gasteiger partial charge in [-0.25, -0.2) is 4.79 Å². The van der Waals surface area contributed by atoms with Crippen LogP contribution < -0.4 is 10.6 Å². The zero-order valence-electron chi connectivity index (χ0n) is 10.9. The molecular weight excluding hydrogens is 228 g/mol. The van der Waals surface area contributed by atoms with Crippen molar-refractivity contribution < 1.29 is 9.90 Å². The van der Waals surface area contributed by atoms with Crippen LogP contribution in [0.2, 0.25) is 0 Å². The molecule has 0 bridgehead atoms. The Balaban J connectivity index is 2.28. The molecule has 4 nitrogen and oxygen atoms in total. The van der Waals surface area contributed by atoms with Crippen LogP contribution in [-0.2, 0) is 0 Å². The van der Waals surface area contributed by atoms with Crippen LogP contribution in [0, 0.1) is 5.41 Å². The van der Waals surface area contributed by atoms with Crippen LogP contribution >= 0.6 is 0 Å². The number of aromatic carboxylic acids is 1. The van der Waals surface area contributed by atoms with Crippen molar-refractivity contribution >= 4 is 17.3 Å². The summed E-state index contributed by atoms with van der Waals surface area (Å²) in [5, 5.41) is 9.22. The SMILES string of the molecule is CC1(C)CCN(c2cc(N)ccc2C(=O)O)CC1. The molecule has 0 atom stereocenters. The number of carbonyl (C=O) groups is 1. The predicted octanol–water partition coefficient (Wildman–Crippen LogP) is 2.59. The number of anilines is 2. The van der Waals surface area contributed by atoms with Crippen LogP contribution in [0.3, 0.4) is 0 Å². The molecule has 18 heavy (non-hydrogen) atoms. The van der Waals surface area contributed by atoms with Gasteiger partial charge in [0.2, 0.25) is 0 Å². The molecule has 1 aliphatic heterocycles. The van der Waals surface area contributed by atoms with Gasteiger partial charge in [-0.1, -0.05) is 13.8 Å². The molecule has 2 rings (SSSR count). The second-order valence-corrected chi connectivity index (χ2v) is 5.73. The van der Waals surface area contributed by atoms with E-state index in [2.05, 4.69) is 18.7 Å². The second-order valence-electron chi connectivity index (χ2n) is 5.73. The highest BCUT2D eigenvalue weighted by Gasteiger charge is 2.27. The number of carboxylic acids is 1. The van der Waals surface area contributed by atoms with Crippen molar-refractivity contribution in [1.82, 2.24) is 0 Å². The van der Waals surface area contributed by atoms with Gasteiger partial charge in [-0.2, -0.15) is 0 Å². The van der Waals surface area contributed by atoms with Crippen molar-refractivity contribution in [1.29, 1.82) is 0 Å². The average Bonchev–Trinajstić information content (AvgIpc) is 2.28. The van der Waals surface area contributed by atoms with Crippen molar-refractivity contribution in [3.8, 4) is 0 Å². The van der Waals surface area contributed by atoms with Crippen molar-refractivity contribution in [3.05, 3.63) is 23.8 Å². The first kappa shape index (κ1) is 12.7. The minimum atomic E-state index is -0.894. The highest BCUT2D eigenvalue weighted by Crippen LogP contribution is 2.34. The third-order valence-corrected chi connectivity index (χ3v) is 3.71. The lowest BCUT2D eigenvalue weighted by molar-refractivity contribution is 0.0697. The minimum absolute atomic E-state index is 0.337. The van der Waals surface area contributed by atoms with E-state index < -0.39 is 5.97 Å². The lowest BCUT2D eigenvalue weighted by atomic mass is 9.82. The standard InChI is InChI=1S/C14H20N2O2/c1-14(2)5-7-16(8-6-14)12-9-10(15)3-4-11(12)13(17)18/h3-4,9H,5-8,15H2,1-2H3,(H,17,18). The number of nitrogens with zero attached hydrogens (tertiary/aromatic N) is 1. The van der Waals surface area contributed by atoms with E-state index in [0.717, 1.165) is 31.6 Å². The Bertz CT molecular complexity index is 459. The molecule has 1 aromatic carbocycles. The van der Waals surface area contributed by atoms with Crippen LogP contribution in [0.4, 0.5) is 11.4 Å². The zero-order valence-corrected chi connectivity index (χ0v) is 10.9. The first-order valence-corrected chi connectivity index (χ1v) is 6.27. The molecule has 1 aromatic rings. The Morgan fingerprint density at radius 2 is 1.94 bits per heavy atom. The van der Waals surface area contributed by atoms with Crippen LogP contribution in [0.5, 0.6) is 0 Å². The average molecular weight is 248 g/mol. The number of rotatable bonds is 2. The number of hydrogen-bond donors (Lipinski definition) is 2. The highest BCUT2D eigenvalue weighted by atomic mass is 16.4. The lowest BCUT2D eigenvalue weighted by Crippen LogP contribution is -2.38. The van der Waals surface area contributed by atoms with Gasteiger partial charge in [0, 0.05) is 18.8 Å². The summed E-state index contributed by atoms with van der Waals surface area (Å²) in [6.45, 7) is 6.27. The molecule has 0 unspecified atom stereocenters. The smallest absolute Gasteiger partial charge is 0.337 e. The third-order valence-electron chi connectivity index (χ3n) is 3.71. The fraction of sp³-hybridized carbons (Fsp3) is 0.500. The minimum Gasteiger partial charge on any atom is -0.478 e. The first-order valence-electron chi connectivity index (χ1n) is 6.27. The Morgan fingerprint density at radius 1 is 1.33 bits per heavy atom. The largest absolute Gasteiger partial charge is 0.478 e. The first-order chi connectivity index (χ1) is 8.39. The second kappa shape index (κ2) is 4.52. The Labute approximate surface area is 107 Å². The predicted molar refractivity (Wildman–Crippen MR) is 73.0 cm³/mol. The number of hydrogen-bond acceptors (Lipinski definition) is 3. The van der Waals surface area contributed by atoms with Gasteiger partial charge in [-0.3, -0.25) is 0 Å². The monoisotopic (exact) mass is 248 g/mol. The summed E-state index contributed by atoms with van der Waals surface area (Å²) in [7, 11) is 0. The van der Waals surface area contributed by atoms with E-state index in [4.69, 9.17) is 5.73 Å². The van der Waals surface area contributed by atoms with Gasteiger partial charge in [0.15, 0.2) is 0 Å². The van der Waals surface area contributed by atoms with Gasteiger partial charge in [-0.05, 0) is 36.5 Å². The molecule has 1 aliphatic rings. The lowest BCUT2D eigenvalue weighted by Gasteiger charge is -2.38. The molecule has 0 saturated carbocycles. The van der Waals surface area contributed by atoms with Gasteiger partial charge >= 0.3 is 5.97 Å². The van der Waals surface area contributed by atoms with Crippen molar-refractivity contribution in [2.75, 3.05) is 23.7 Å². The maximum absolute atomic E-state index is 11.2. The van der Waals surface area contributed by atoms with Gasteiger partial charge in [0.25, 0.3) is 0 Å². The number of nitrogen functional groups attached to an aromatic ring is 1. The Hall–Kier alpha value is -1.71. The molecule has 0 aromatic heterocycles. The summed E-state index contributed by atoms with van der Waals surface area (Å²) < 4.78 is 0. The fourth-order valence-electron chi connectivity index (χ4n) is 2.34. The Morgan fingerprint density at radius 3 is 2.50 bits per heavy atom. The van der Waals surface area contributed by atoms with E-state index in [1.54, 1.807) is 18.2 Å². The maximum Gasteiger partial charge on any atom is 0.337 e. The molecular formula is C14H20N2O2. The molecule has 98 valence electrons. The van der Waals surface area contributed by atoms with Crippen LogP contribution in [0.25, 0.3) is 0 Å². The molecule has 1 saturated heterocycles. The summed E-state index contributed by atoms with van der Waals surface area (Å²) in [5.74, 6) is -0.894. The fourth-order valence-corrected chi connectivity index (χ4v) is 2.34. The van der Waals surface area contributed by atoms with Gasteiger partial charge in [0.1, 0.15) is 0 Å². The molecule has 1 heterocycles. The summed E-state index contributed by atoms with van der Waals surface area (Å²) in [6.07, 6.45) is 2.14. The highest BCUT2D eigenvalue weighted by molar-refractivity contribution is 5.95. The maximum atomic E-state index is 11.2. The number of piperidine rings is 1. The molecule has 0 radical (unpaired) electrons. The van der Waals surface area contributed by atoms with Gasteiger partial charge in [0.05, 0.1) is 11.3 Å². The van der Waals surface area contributed by atoms with E-state index >= 15 is 0 Å². The number of carboxylic acid groups (broad SMARTS) is 1. The third kappa shape index (κ3) is 2.58. The summed E-state index contributed by atoms with van der Waals surface area (Å²) in [4.78, 5) is 13.4. The number of nitrogens with two attached hydrogens (primary N) is 1. The van der Waals surface area contributed by atoms with E-state index in [-0.39, 0.29) is 0 Å². The quantitative estimate of drug-likeness (QED) is 0.789. The summed E-state index contributed by atoms with van der Waals surface area (Å²) >= 11 is 0. The van der Waals surface area contributed by atoms with Crippen LogP contribution in [0.1, 0.15) is 37.0 Å². The van der Waals surface area contributed by atoms with E-state index in [1.165, 1.54) is 0 Å². The van der Waals surface area contributed by atoms with Crippen LogP contribution in [-0.4, -0.2) is 24.2 Å². The molecule has 3 N–H and O–H groups in total. The van der Waals surface area contributed by atoms with Crippen molar-refractivity contribution in [3.63, 3.8) is 0 Å².